The molecule has 0 aliphatic rings. The van der Waals surface area contributed by atoms with Crippen LogP contribution in [0.5, 0.6) is 0 Å². The molecule has 0 fully saturated rings. The van der Waals surface area contributed by atoms with Crippen LogP contribution in [0, 0.1) is 5.41 Å². The van der Waals surface area contributed by atoms with Crippen LogP contribution in [0.1, 0.15) is 20.9 Å². The Kier molecular flexibility index (Phi) is 6.69. The molecule has 4 nitrogen and oxygen atoms in total. The van der Waals surface area contributed by atoms with Crippen LogP contribution in [0.3, 0.4) is 0 Å². The number of aliphatic imine (C=N–C) groups is 1. The maximum Gasteiger partial charge on any atom is 0.426 e. The van der Waals surface area contributed by atoms with E-state index in [1.54, 1.807) is 54.6 Å². The van der Waals surface area contributed by atoms with Gasteiger partial charge in [-0.2, -0.15) is 18.2 Å². The third kappa shape index (κ3) is 4.95. The Labute approximate surface area is 175 Å². The van der Waals surface area contributed by atoms with Gasteiger partial charge in [-0.25, -0.2) is 0 Å². The number of nitrogens with zero attached hydrogens (tertiary/aromatic N) is 1. The molecule has 0 spiro atoms. The first-order valence-electron chi connectivity index (χ1n) is 9.01. The van der Waals surface area contributed by atoms with Crippen molar-refractivity contribution >= 4 is 23.1 Å². The van der Waals surface area contributed by atoms with Crippen molar-refractivity contribution < 1.29 is 23.0 Å². The van der Waals surface area contributed by atoms with Gasteiger partial charge in [-0.05, 0) is 23.6 Å². The van der Waals surface area contributed by atoms with E-state index in [2.05, 4.69) is 4.99 Å². The van der Waals surface area contributed by atoms with Crippen molar-refractivity contribution in [3.05, 3.63) is 81.5 Å². The molecule has 156 valence electrons. The van der Waals surface area contributed by atoms with E-state index >= 15 is 0 Å². The molecule has 1 heterocycles. The van der Waals surface area contributed by atoms with Gasteiger partial charge in [0.1, 0.15) is 4.88 Å². The Balaban J connectivity index is 1.98. The highest BCUT2D eigenvalue weighted by Crippen LogP contribution is 2.43. The number of alkyl halides is 3. The largest absolute Gasteiger partial charge is 0.480 e. The van der Waals surface area contributed by atoms with E-state index in [0.717, 1.165) is 5.56 Å². The highest BCUT2D eigenvalue weighted by atomic mass is 32.1. The van der Waals surface area contributed by atoms with Gasteiger partial charge < -0.3 is 9.84 Å². The van der Waals surface area contributed by atoms with Crippen molar-refractivity contribution in [3.63, 3.8) is 0 Å². The summed E-state index contributed by atoms with van der Waals surface area (Å²) in [7, 11) is 1.31. The van der Waals surface area contributed by atoms with Crippen molar-refractivity contribution in [2.45, 2.75) is 12.6 Å². The predicted molar refractivity (Wildman–Crippen MR) is 112 cm³/mol. The lowest BCUT2D eigenvalue weighted by atomic mass is 10.1. The molecule has 0 aliphatic carbocycles. The molecule has 30 heavy (non-hydrogen) atoms. The summed E-state index contributed by atoms with van der Waals surface area (Å²) in [6, 6.07) is 16.6. The smallest absolute Gasteiger partial charge is 0.426 e. The molecule has 0 bridgehead atoms. The second kappa shape index (κ2) is 9.23. The van der Waals surface area contributed by atoms with E-state index in [1.165, 1.54) is 13.2 Å². The number of ether oxygens (including phenoxy) is 1. The molecule has 0 atom stereocenters. The zero-order valence-electron chi connectivity index (χ0n) is 16.0. The summed E-state index contributed by atoms with van der Waals surface area (Å²) in [5, 5.41) is 17.2. The van der Waals surface area contributed by atoms with Crippen LogP contribution in [0.15, 0.2) is 65.7 Å². The van der Waals surface area contributed by atoms with Crippen LogP contribution in [0.4, 0.5) is 13.2 Å². The molecule has 1 aromatic heterocycles. The fourth-order valence-corrected chi connectivity index (χ4v) is 3.88. The third-order valence-electron chi connectivity index (χ3n) is 4.32. The third-order valence-corrected chi connectivity index (χ3v) is 5.49. The number of halogens is 3. The topological polar surface area (TPSA) is 65.7 Å². The van der Waals surface area contributed by atoms with E-state index in [4.69, 9.17) is 15.3 Å². The van der Waals surface area contributed by atoms with Crippen molar-refractivity contribution in [1.82, 2.24) is 0 Å². The number of hydrogen-bond donors (Lipinski definition) is 2. The molecular formula is C22H19F3N2O2S. The molecule has 3 rings (SSSR count). The summed E-state index contributed by atoms with van der Waals surface area (Å²) in [5.41, 5.74) is 1.89. The first kappa shape index (κ1) is 21.7. The maximum atomic E-state index is 13.6. The minimum absolute atomic E-state index is 0.0203. The quantitative estimate of drug-likeness (QED) is 0.420. The molecule has 3 aromatic rings. The number of thiophene rings is 1. The predicted octanol–water partition coefficient (Wildman–Crippen LogP) is 5.39. The van der Waals surface area contributed by atoms with Crippen LogP contribution in [0.25, 0.3) is 11.1 Å². The zero-order chi connectivity index (χ0) is 21.7. The first-order chi connectivity index (χ1) is 14.3. The van der Waals surface area contributed by atoms with Crippen molar-refractivity contribution in [2.24, 2.45) is 4.99 Å². The number of hydrogen-bond acceptors (Lipinski definition) is 4. The van der Waals surface area contributed by atoms with E-state index in [0.29, 0.717) is 28.9 Å². The van der Waals surface area contributed by atoms with Gasteiger partial charge in [-0.1, -0.05) is 54.6 Å². The Bertz CT molecular complexity index is 1040. The average molecular weight is 432 g/mol. The molecule has 0 radical (unpaired) electrons. The fraction of sp³-hybridized carbons (Fsp3) is 0.182. The van der Waals surface area contributed by atoms with Crippen LogP contribution in [-0.2, 0) is 17.3 Å². The number of nitrogens with one attached hydrogen (secondary N) is 1. The molecule has 0 saturated carbocycles. The van der Waals surface area contributed by atoms with Crippen LogP contribution >= 0.6 is 11.3 Å². The van der Waals surface area contributed by atoms with Gasteiger partial charge in [0.15, 0.2) is 5.84 Å². The van der Waals surface area contributed by atoms with Crippen LogP contribution in [-0.4, -0.2) is 30.6 Å². The zero-order valence-corrected chi connectivity index (χ0v) is 16.8. The van der Waals surface area contributed by atoms with Crippen LogP contribution in [0.2, 0.25) is 0 Å². The highest BCUT2D eigenvalue weighted by molar-refractivity contribution is 7.14. The van der Waals surface area contributed by atoms with Crippen molar-refractivity contribution in [1.29, 1.82) is 5.41 Å². The SMILES string of the molecule is CO/C(=N\C(=N)c1ccc(CCO)cc1)c1cc(-c2ccccc2)c(C(F)(F)F)s1. The van der Waals surface area contributed by atoms with Crippen LogP contribution < -0.4 is 0 Å². The standard InChI is InChI=1S/C22H19F3N2O2S/c1-29-21(27-20(26)16-9-7-14(8-10-16)11-12-28)18-13-17(15-5-3-2-4-6-15)19(30-18)22(23,24)25/h2-10,13,26,28H,11-12H2,1H3/b26-20?,27-21-. The number of rotatable bonds is 5. The second-order valence-electron chi connectivity index (χ2n) is 6.36. The summed E-state index contributed by atoms with van der Waals surface area (Å²) in [4.78, 5) is 3.56. The number of methoxy groups -OCH3 is 1. The van der Waals surface area contributed by atoms with Crippen molar-refractivity contribution in [3.8, 4) is 11.1 Å². The molecule has 0 saturated heterocycles. The minimum atomic E-state index is -4.52. The van der Waals surface area contributed by atoms with Gasteiger partial charge in [0, 0.05) is 17.7 Å². The summed E-state index contributed by atoms with van der Waals surface area (Å²) in [5.74, 6) is -0.192. The first-order valence-corrected chi connectivity index (χ1v) is 9.83. The molecule has 0 aliphatic heterocycles. The molecule has 0 unspecified atom stereocenters. The molecular weight excluding hydrogens is 413 g/mol. The Morgan fingerprint density at radius 1 is 1.10 bits per heavy atom. The molecule has 8 heteroatoms. The van der Waals surface area contributed by atoms with Gasteiger partial charge in [-0.3, -0.25) is 5.41 Å². The van der Waals surface area contributed by atoms with Gasteiger partial charge >= 0.3 is 6.18 Å². The lowest BCUT2D eigenvalue weighted by Crippen LogP contribution is -2.07. The maximum absolute atomic E-state index is 13.6. The number of benzene rings is 2. The van der Waals surface area contributed by atoms with E-state index < -0.39 is 11.1 Å². The summed E-state index contributed by atoms with van der Waals surface area (Å²) < 4.78 is 46.1. The highest BCUT2D eigenvalue weighted by Gasteiger charge is 2.37. The lowest BCUT2D eigenvalue weighted by Gasteiger charge is -2.07. The number of aliphatic hydroxyl groups is 1. The van der Waals surface area contributed by atoms with E-state index in [-0.39, 0.29) is 28.8 Å². The Morgan fingerprint density at radius 2 is 1.77 bits per heavy atom. The average Bonchev–Trinajstić information content (AvgIpc) is 3.19. The molecule has 2 aromatic carbocycles. The monoisotopic (exact) mass is 432 g/mol. The minimum Gasteiger partial charge on any atom is -0.480 e. The fourth-order valence-electron chi connectivity index (χ4n) is 2.86. The second-order valence-corrected chi connectivity index (χ2v) is 7.41. The van der Waals surface area contributed by atoms with Crippen molar-refractivity contribution in [2.75, 3.05) is 13.7 Å². The van der Waals surface area contributed by atoms with Gasteiger partial charge in [0.2, 0.25) is 5.90 Å². The molecule has 0 amide bonds. The summed E-state index contributed by atoms with van der Waals surface area (Å²) in [6.45, 7) is 0.0203. The lowest BCUT2D eigenvalue weighted by molar-refractivity contribution is -0.133. The number of aliphatic hydroxyl groups excluding tert-OH is 1. The summed E-state index contributed by atoms with van der Waals surface area (Å²) in [6.07, 6.45) is -4.03. The Hall–Kier alpha value is -2.97. The van der Waals surface area contributed by atoms with Gasteiger partial charge in [0.25, 0.3) is 0 Å². The molecule has 2 N–H and O–H groups in total. The summed E-state index contributed by atoms with van der Waals surface area (Å²) >= 11 is 0.535. The van der Waals surface area contributed by atoms with Gasteiger partial charge in [-0.15, -0.1) is 11.3 Å². The van der Waals surface area contributed by atoms with E-state index in [1.807, 2.05) is 0 Å². The Morgan fingerprint density at radius 3 is 2.33 bits per heavy atom. The normalized spacial score (nSPS) is 12.1. The number of amidine groups is 1. The van der Waals surface area contributed by atoms with E-state index in [9.17, 15) is 13.2 Å². The van der Waals surface area contributed by atoms with Gasteiger partial charge in [0.05, 0.1) is 12.0 Å².